The number of amides is 1. The van der Waals surface area contributed by atoms with E-state index in [1.54, 1.807) is 12.4 Å². The van der Waals surface area contributed by atoms with Crippen LogP contribution in [0.25, 0.3) is 0 Å². The van der Waals surface area contributed by atoms with Crippen molar-refractivity contribution >= 4 is 17.7 Å². The summed E-state index contributed by atoms with van der Waals surface area (Å²) in [6.07, 6.45) is 8.78. The maximum atomic E-state index is 12.0. The zero-order valence-electron chi connectivity index (χ0n) is 11.5. The minimum absolute atomic E-state index is 0.125. The quantitative estimate of drug-likeness (QED) is 0.835. The van der Waals surface area contributed by atoms with Gasteiger partial charge in [0, 0.05) is 11.4 Å². The number of hydrogen-bond acceptors (Lipinski definition) is 4. The fourth-order valence-corrected chi connectivity index (χ4v) is 3.89. The molecule has 1 saturated carbocycles. The summed E-state index contributed by atoms with van der Waals surface area (Å²) in [7, 11) is 0. The van der Waals surface area contributed by atoms with Crippen LogP contribution in [0.1, 0.15) is 25.7 Å². The average Bonchev–Trinajstić information content (AvgIpc) is 2.94. The first-order valence-electron chi connectivity index (χ1n) is 7.27. The van der Waals surface area contributed by atoms with Crippen LogP contribution in [0.2, 0.25) is 0 Å². The van der Waals surface area contributed by atoms with Gasteiger partial charge in [0.1, 0.15) is 11.9 Å². The van der Waals surface area contributed by atoms with Gasteiger partial charge in [0.2, 0.25) is 5.91 Å². The van der Waals surface area contributed by atoms with E-state index in [2.05, 4.69) is 4.98 Å². The third-order valence-electron chi connectivity index (χ3n) is 3.88. The predicted molar refractivity (Wildman–Crippen MR) is 79.9 cm³/mol. The lowest BCUT2D eigenvalue weighted by atomic mass is 10.1. The minimum atomic E-state index is 0.125. The molecule has 20 heavy (non-hydrogen) atoms. The molecule has 0 atom stereocenters. The van der Waals surface area contributed by atoms with Crippen LogP contribution in [0.5, 0.6) is 5.75 Å². The molecule has 1 aliphatic heterocycles. The highest BCUT2D eigenvalue weighted by Crippen LogP contribution is 2.29. The average molecular weight is 292 g/mol. The molecule has 1 aromatic heterocycles. The number of carbonyl (C=O) groups excluding carboxylic acids is 1. The van der Waals surface area contributed by atoms with Gasteiger partial charge < -0.3 is 9.64 Å². The van der Waals surface area contributed by atoms with Gasteiger partial charge in [-0.2, -0.15) is 0 Å². The Balaban J connectivity index is 1.35. The fraction of sp³-hybridized carbons (Fsp3) is 0.600. The summed E-state index contributed by atoms with van der Waals surface area (Å²) in [5.74, 6) is 1.67. The van der Waals surface area contributed by atoms with Crippen LogP contribution in [-0.4, -0.2) is 46.0 Å². The second kappa shape index (κ2) is 6.48. The molecule has 1 amide bonds. The van der Waals surface area contributed by atoms with Gasteiger partial charge in [-0.3, -0.25) is 9.78 Å². The monoisotopic (exact) mass is 292 g/mol. The number of rotatable bonds is 5. The summed E-state index contributed by atoms with van der Waals surface area (Å²) in [6.45, 7) is 1.41. The maximum Gasteiger partial charge on any atom is 0.232 e. The fourth-order valence-electron chi connectivity index (χ4n) is 2.66. The van der Waals surface area contributed by atoms with Crippen molar-refractivity contribution in [2.75, 3.05) is 18.8 Å². The highest BCUT2D eigenvalue weighted by Gasteiger charge is 2.32. The Morgan fingerprint density at radius 3 is 2.90 bits per heavy atom. The zero-order valence-corrected chi connectivity index (χ0v) is 12.3. The largest absolute Gasteiger partial charge is 0.485 e. The third-order valence-corrected chi connectivity index (χ3v) is 5.24. The Bertz CT molecular complexity index is 442. The number of pyridine rings is 1. The molecule has 0 spiro atoms. The van der Waals surface area contributed by atoms with Gasteiger partial charge >= 0.3 is 0 Å². The molecule has 2 fully saturated rings. The number of aromatic nitrogens is 1. The van der Waals surface area contributed by atoms with E-state index in [1.807, 2.05) is 28.8 Å². The van der Waals surface area contributed by atoms with Crippen molar-refractivity contribution in [2.45, 2.75) is 37.0 Å². The van der Waals surface area contributed by atoms with Crippen molar-refractivity contribution in [2.24, 2.45) is 0 Å². The Morgan fingerprint density at radius 1 is 1.40 bits per heavy atom. The molecule has 2 aliphatic rings. The first-order valence-corrected chi connectivity index (χ1v) is 8.32. The van der Waals surface area contributed by atoms with Crippen LogP contribution < -0.4 is 4.74 Å². The van der Waals surface area contributed by atoms with Gasteiger partial charge in [-0.15, -0.1) is 11.8 Å². The molecule has 0 N–H and O–H groups in total. The van der Waals surface area contributed by atoms with Crippen molar-refractivity contribution in [1.82, 2.24) is 9.88 Å². The van der Waals surface area contributed by atoms with E-state index < -0.39 is 0 Å². The molecule has 1 saturated heterocycles. The molecule has 0 bridgehead atoms. The molecule has 5 heteroatoms. The molecule has 0 radical (unpaired) electrons. The van der Waals surface area contributed by atoms with Crippen molar-refractivity contribution in [3.8, 4) is 5.75 Å². The normalized spacial score (nSPS) is 19.9. The van der Waals surface area contributed by atoms with Gasteiger partial charge in [0.25, 0.3) is 0 Å². The smallest absolute Gasteiger partial charge is 0.232 e. The van der Waals surface area contributed by atoms with E-state index in [0.717, 1.165) is 5.75 Å². The highest BCUT2D eigenvalue weighted by atomic mass is 32.2. The van der Waals surface area contributed by atoms with E-state index in [1.165, 1.54) is 25.7 Å². The van der Waals surface area contributed by atoms with Crippen molar-refractivity contribution < 1.29 is 9.53 Å². The molecule has 4 nitrogen and oxygen atoms in total. The standard InChI is InChI=1S/C15H20N2O2S/c18-15(11-20-14-5-1-2-6-14)17-9-13(10-17)19-12-4-3-7-16-8-12/h3-4,7-8,13-14H,1-2,5-6,9-11H2. The Hall–Kier alpha value is -1.23. The molecular formula is C15H20N2O2S. The summed E-state index contributed by atoms with van der Waals surface area (Å²) in [5.41, 5.74) is 0. The van der Waals surface area contributed by atoms with E-state index in [4.69, 9.17) is 4.74 Å². The van der Waals surface area contributed by atoms with Gasteiger partial charge in [-0.05, 0) is 25.0 Å². The summed E-state index contributed by atoms with van der Waals surface area (Å²) >= 11 is 1.83. The van der Waals surface area contributed by atoms with Crippen LogP contribution in [0.3, 0.4) is 0 Å². The minimum Gasteiger partial charge on any atom is -0.485 e. The third kappa shape index (κ3) is 3.45. The Labute approximate surface area is 123 Å². The summed E-state index contributed by atoms with van der Waals surface area (Å²) in [4.78, 5) is 17.9. The van der Waals surface area contributed by atoms with Crippen LogP contribution in [0.15, 0.2) is 24.5 Å². The predicted octanol–water partition coefficient (Wildman–Crippen LogP) is 2.35. The molecule has 108 valence electrons. The van der Waals surface area contributed by atoms with Crippen molar-refractivity contribution in [3.63, 3.8) is 0 Å². The second-order valence-corrected chi connectivity index (χ2v) is 6.73. The van der Waals surface area contributed by atoms with Crippen LogP contribution in [0.4, 0.5) is 0 Å². The summed E-state index contributed by atoms with van der Waals surface area (Å²) in [5, 5.41) is 0.711. The highest BCUT2D eigenvalue weighted by molar-refractivity contribution is 8.00. The molecule has 1 aliphatic carbocycles. The van der Waals surface area contributed by atoms with Gasteiger partial charge in [0.15, 0.2) is 0 Å². The van der Waals surface area contributed by atoms with Gasteiger partial charge in [-0.25, -0.2) is 0 Å². The van der Waals surface area contributed by atoms with Gasteiger partial charge in [0.05, 0.1) is 25.0 Å². The van der Waals surface area contributed by atoms with Gasteiger partial charge in [-0.1, -0.05) is 12.8 Å². The molecule has 0 aromatic carbocycles. The Kier molecular flexibility index (Phi) is 4.45. The van der Waals surface area contributed by atoms with Crippen LogP contribution >= 0.6 is 11.8 Å². The molecular weight excluding hydrogens is 272 g/mol. The summed E-state index contributed by atoms with van der Waals surface area (Å²) in [6, 6.07) is 3.75. The lowest BCUT2D eigenvalue weighted by Gasteiger charge is -2.39. The number of thioether (sulfide) groups is 1. The van der Waals surface area contributed by atoms with E-state index >= 15 is 0 Å². The van der Waals surface area contributed by atoms with E-state index in [0.29, 0.717) is 24.1 Å². The molecule has 0 unspecified atom stereocenters. The molecule has 2 heterocycles. The number of ether oxygens (including phenoxy) is 1. The van der Waals surface area contributed by atoms with E-state index in [-0.39, 0.29) is 12.0 Å². The summed E-state index contributed by atoms with van der Waals surface area (Å²) < 4.78 is 5.75. The maximum absolute atomic E-state index is 12.0. The first kappa shape index (κ1) is 13.7. The van der Waals surface area contributed by atoms with Crippen LogP contribution in [-0.2, 0) is 4.79 Å². The lowest BCUT2D eigenvalue weighted by Crippen LogP contribution is -2.56. The lowest BCUT2D eigenvalue weighted by molar-refractivity contribution is -0.137. The van der Waals surface area contributed by atoms with Crippen molar-refractivity contribution in [3.05, 3.63) is 24.5 Å². The number of carbonyl (C=O) groups is 1. The number of hydrogen-bond donors (Lipinski definition) is 0. The van der Waals surface area contributed by atoms with Crippen LogP contribution in [0, 0.1) is 0 Å². The number of likely N-dealkylation sites (tertiary alicyclic amines) is 1. The SMILES string of the molecule is O=C(CSC1CCCC1)N1CC(Oc2cccnc2)C1. The Morgan fingerprint density at radius 2 is 2.20 bits per heavy atom. The first-order chi connectivity index (χ1) is 9.81. The van der Waals surface area contributed by atoms with E-state index in [9.17, 15) is 4.79 Å². The zero-order chi connectivity index (χ0) is 13.8. The molecule has 3 rings (SSSR count). The topological polar surface area (TPSA) is 42.4 Å². The second-order valence-electron chi connectivity index (χ2n) is 5.44. The van der Waals surface area contributed by atoms with Crippen molar-refractivity contribution in [1.29, 1.82) is 0 Å². The molecule has 1 aromatic rings. The number of nitrogens with zero attached hydrogens (tertiary/aromatic N) is 2.